The van der Waals surface area contributed by atoms with Gasteiger partial charge in [-0.1, -0.05) is 30.4 Å². The lowest BCUT2D eigenvalue weighted by Crippen LogP contribution is -2.26. The number of hydrogen-bond acceptors (Lipinski definition) is 6. The lowest BCUT2D eigenvalue weighted by Gasteiger charge is -2.17. The lowest BCUT2D eigenvalue weighted by atomic mass is 9.93. The van der Waals surface area contributed by atoms with E-state index in [4.69, 9.17) is 9.47 Å². The standard InChI is InChI=1S/C25H34F3NO5/c1-17(2)34-24(32)11-6-4-3-5-10-21-22(29-15-23(21)31)13-12-19(30)16-33-20-9-7-8-18(14-20)25(26,27)28/h3,5,7-9,12-14,17,19,21-23,29-31H,4,6,10-11,15-16H2,1-2H3/b5-3-,13-12+/t19?,21-,22-,23?/m1/s1. The van der Waals surface area contributed by atoms with Crippen LogP contribution in [0.1, 0.15) is 45.1 Å². The molecule has 1 aromatic rings. The Balaban J connectivity index is 1.77. The van der Waals surface area contributed by atoms with Gasteiger partial charge in [0.25, 0.3) is 0 Å². The average Bonchev–Trinajstić information content (AvgIpc) is 3.11. The lowest BCUT2D eigenvalue weighted by molar-refractivity contribution is -0.147. The Morgan fingerprint density at radius 3 is 2.76 bits per heavy atom. The number of allylic oxidation sites excluding steroid dienone is 2. The summed E-state index contributed by atoms with van der Waals surface area (Å²) in [6.45, 7) is 3.85. The first-order chi connectivity index (χ1) is 16.1. The third-order valence-electron chi connectivity index (χ3n) is 5.33. The van der Waals surface area contributed by atoms with Gasteiger partial charge in [0.05, 0.1) is 17.8 Å². The molecule has 0 amide bonds. The maximum Gasteiger partial charge on any atom is 0.416 e. The Bertz CT molecular complexity index is 825. The number of aliphatic hydroxyl groups is 2. The molecule has 3 N–H and O–H groups in total. The van der Waals surface area contributed by atoms with Gasteiger partial charge in [-0.3, -0.25) is 4.79 Å². The van der Waals surface area contributed by atoms with Crippen molar-refractivity contribution in [2.75, 3.05) is 13.2 Å². The minimum absolute atomic E-state index is 0.0252. The van der Waals surface area contributed by atoms with Crippen LogP contribution in [0.25, 0.3) is 0 Å². The van der Waals surface area contributed by atoms with E-state index in [1.807, 2.05) is 26.0 Å². The van der Waals surface area contributed by atoms with Gasteiger partial charge in [-0.2, -0.15) is 13.2 Å². The molecule has 34 heavy (non-hydrogen) atoms. The normalized spacial score (nSPS) is 22.1. The van der Waals surface area contributed by atoms with Crippen LogP contribution in [0.2, 0.25) is 0 Å². The third-order valence-corrected chi connectivity index (χ3v) is 5.33. The Morgan fingerprint density at radius 2 is 2.06 bits per heavy atom. The molecular weight excluding hydrogens is 451 g/mol. The Kier molecular flexibility index (Phi) is 11.1. The highest BCUT2D eigenvalue weighted by Gasteiger charge is 2.32. The molecule has 0 saturated carbocycles. The second-order valence-electron chi connectivity index (χ2n) is 8.59. The molecule has 9 heteroatoms. The number of rotatable bonds is 12. The van der Waals surface area contributed by atoms with Gasteiger partial charge in [0, 0.05) is 24.9 Å². The molecule has 0 bridgehead atoms. The first kappa shape index (κ1) is 27.9. The number of alkyl halides is 3. The highest BCUT2D eigenvalue weighted by atomic mass is 19.4. The fraction of sp³-hybridized carbons (Fsp3) is 0.560. The molecule has 0 radical (unpaired) electrons. The van der Waals surface area contributed by atoms with Crippen molar-refractivity contribution >= 4 is 5.97 Å². The van der Waals surface area contributed by atoms with Crippen molar-refractivity contribution in [2.45, 2.75) is 70.1 Å². The number of hydrogen-bond donors (Lipinski definition) is 3. The summed E-state index contributed by atoms with van der Waals surface area (Å²) < 4.78 is 48.7. The maximum absolute atomic E-state index is 12.8. The predicted octanol–water partition coefficient (Wildman–Crippen LogP) is 4.02. The number of nitrogens with one attached hydrogen (secondary N) is 1. The molecule has 1 saturated heterocycles. The van der Waals surface area contributed by atoms with Crippen LogP contribution in [-0.2, 0) is 15.7 Å². The van der Waals surface area contributed by atoms with Crippen molar-refractivity contribution in [3.63, 3.8) is 0 Å². The van der Waals surface area contributed by atoms with Crippen LogP contribution in [-0.4, -0.2) is 53.7 Å². The van der Waals surface area contributed by atoms with Crippen molar-refractivity contribution in [2.24, 2.45) is 5.92 Å². The molecule has 0 aliphatic carbocycles. The number of β-amino-alcohol motifs (C(OH)–C–C–N with tert-alkyl or cyclic N) is 1. The summed E-state index contributed by atoms with van der Waals surface area (Å²) in [6, 6.07) is 4.33. The van der Waals surface area contributed by atoms with Crippen LogP contribution in [0, 0.1) is 5.92 Å². The smallest absolute Gasteiger partial charge is 0.416 e. The van der Waals surface area contributed by atoms with Gasteiger partial charge < -0.3 is 25.0 Å². The number of benzene rings is 1. The molecule has 1 heterocycles. The Morgan fingerprint density at radius 1 is 1.29 bits per heavy atom. The zero-order valence-corrected chi connectivity index (χ0v) is 19.5. The van der Waals surface area contributed by atoms with Crippen LogP contribution < -0.4 is 10.1 Å². The van der Waals surface area contributed by atoms with Crippen molar-refractivity contribution in [1.29, 1.82) is 0 Å². The summed E-state index contributed by atoms with van der Waals surface area (Å²) >= 11 is 0. The van der Waals surface area contributed by atoms with Crippen molar-refractivity contribution in [3.05, 3.63) is 54.1 Å². The molecule has 1 aromatic carbocycles. The fourth-order valence-electron chi connectivity index (χ4n) is 3.62. The summed E-state index contributed by atoms with van der Waals surface area (Å²) in [6.07, 6.45) is 3.48. The van der Waals surface area contributed by atoms with E-state index in [1.54, 1.807) is 6.08 Å². The number of aliphatic hydroxyl groups excluding tert-OH is 2. The van der Waals surface area contributed by atoms with Crippen molar-refractivity contribution < 1.29 is 37.7 Å². The minimum Gasteiger partial charge on any atom is -0.491 e. The molecule has 2 rings (SSSR count). The monoisotopic (exact) mass is 485 g/mol. The zero-order valence-electron chi connectivity index (χ0n) is 19.5. The van der Waals surface area contributed by atoms with E-state index in [2.05, 4.69) is 5.32 Å². The van der Waals surface area contributed by atoms with Gasteiger partial charge in [0.15, 0.2) is 0 Å². The number of esters is 1. The number of carbonyl (C=O) groups is 1. The first-order valence-electron chi connectivity index (χ1n) is 11.5. The summed E-state index contributed by atoms with van der Waals surface area (Å²) in [7, 11) is 0. The second kappa shape index (κ2) is 13.5. The second-order valence-corrected chi connectivity index (χ2v) is 8.59. The molecule has 1 aliphatic heterocycles. The van der Waals surface area contributed by atoms with E-state index < -0.39 is 23.9 Å². The summed E-state index contributed by atoms with van der Waals surface area (Å²) in [5.41, 5.74) is -0.814. The van der Waals surface area contributed by atoms with E-state index in [1.165, 1.54) is 18.2 Å². The molecule has 4 atom stereocenters. The molecule has 0 spiro atoms. The third kappa shape index (κ3) is 9.87. The SMILES string of the molecule is CC(C)OC(=O)CCC/C=C\C[C@H]1C(O)CN[C@@H]1/C=C/C(O)COc1cccc(C(F)(F)F)c1. The van der Waals surface area contributed by atoms with Crippen LogP contribution in [0.5, 0.6) is 5.75 Å². The van der Waals surface area contributed by atoms with E-state index in [-0.39, 0.29) is 36.4 Å². The number of ether oxygens (including phenoxy) is 2. The van der Waals surface area contributed by atoms with Crippen LogP contribution in [0.3, 0.4) is 0 Å². The molecule has 190 valence electrons. The Hall–Kier alpha value is -2.36. The number of carbonyl (C=O) groups excluding carboxylic acids is 1. The van der Waals surface area contributed by atoms with Gasteiger partial charge in [-0.05, 0) is 51.3 Å². The van der Waals surface area contributed by atoms with Crippen molar-refractivity contribution in [3.8, 4) is 5.75 Å². The average molecular weight is 486 g/mol. The van der Waals surface area contributed by atoms with E-state index in [0.717, 1.165) is 18.6 Å². The van der Waals surface area contributed by atoms with Crippen LogP contribution >= 0.6 is 0 Å². The van der Waals surface area contributed by atoms with Gasteiger partial charge in [-0.25, -0.2) is 0 Å². The summed E-state index contributed by atoms with van der Waals surface area (Å²) in [4.78, 5) is 11.5. The quantitative estimate of drug-likeness (QED) is 0.236. The maximum atomic E-state index is 12.8. The zero-order chi connectivity index (χ0) is 25.1. The molecule has 6 nitrogen and oxygen atoms in total. The van der Waals surface area contributed by atoms with E-state index in [0.29, 0.717) is 25.8 Å². The van der Waals surface area contributed by atoms with Gasteiger partial charge in [0.2, 0.25) is 0 Å². The number of unbranched alkanes of at least 4 members (excludes halogenated alkanes) is 1. The molecule has 1 fully saturated rings. The van der Waals surface area contributed by atoms with E-state index in [9.17, 15) is 28.2 Å². The molecular formula is C25H34F3NO5. The largest absolute Gasteiger partial charge is 0.491 e. The molecule has 2 unspecified atom stereocenters. The Labute approximate surface area is 198 Å². The minimum atomic E-state index is -4.46. The fourth-order valence-corrected chi connectivity index (χ4v) is 3.62. The predicted molar refractivity (Wildman–Crippen MR) is 122 cm³/mol. The molecule has 0 aromatic heterocycles. The van der Waals surface area contributed by atoms with E-state index >= 15 is 0 Å². The first-order valence-corrected chi connectivity index (χ1v) is 11.5. The molecule has 1 aliphatic rings. The summed E-state index contributed by atoms with van der Waals surface area (Å²) in [5.74, 6) is -0.272. The highest BCUT2D eigenvalue weighted by Crippen LogP contribution is 2.31. The van der Waals surface area contributed by atoms with Crippen LogP contribution in [0.4, 0.5) is 13.2 Å². The van der Waals surface area contributed by atoms with Crippen LogP contribution in [0.15, 0.2) is 48.6 Å². The number of halogens is 3. The van der Waals surface area contributed by atoms with Gasteiger partial charge >= 0.3 is 12.1 Å². The summed E-state index contributed by atoms with van der Waals surface area (Å²) in [5, 5.41) is 23.6. The highest BCUT2D eigenvalue weighted by molar-refractivity contribution is 5.69. The topological polar surface area (TPSA) is 88.0 Å². The van der Waals surface area contributed by atoms with Gasteiger partial charge in [0.1, 0.15) is 18.5 Å². The van der Waals surface area contributed by atoms with Crippen molar-refractivity contribution in [1.82, 2.24) is 5.32 Å². The van der Waals surface area contributed by atoms with Gasteiger partial charge in [-0.15, -0.1) is 0 Å².